The van der Waals surface area contributed by atoms with Crippen molar-refractivity contribution in [2.24, 2.45) is 5.92 Å². The number of aromatic hydroxyl groups is 1. The van der Waals surface area contributed by atoms with Crippen LogP contribution in [0.25, 0.3) is 0 Å². The fourth-order valence-electron chi connectivity index (χ4n) is 2.54. The minimum atomic E-state index is -3.76. The first-order valence-electron chi connectivity index (χ1n) is 6.83. The molecule has 0 saturated carbocycles. The third-order valence-electron chi connectivity index (χ3n) is 3.84. The van der Waals surface area contributed by atoms with Gasteiger partial charge in [0.2, 0.25) is 10.0 Å². The Morgan fingerprint density at radius 1 is 1.48 bits per heavy atom. The van der Waals surface area contributed by atoms with E-state index in [2.05, 4.69) is 0 Å². The number of phenols is 1. The number of rotatable bonds is 4. The first kappa shape index (κ1) is 15.7. The third-order valence-corrected chi connectivity index (χ3v) is 5.70. The molecule has 1 heterocycles. The third kappa shape index (κ3) is 3.16. The summed E-state index contributed by atoms with van der Waals surface area (Å²) >= 11 is 0. The number of phenolic OH excluding ortho intramolecular Hbond substituents is 1. The Kier molecular flexibility index (Phi) is 4.48. The molecule has 1 aromatic carbocycles. The summed E-state index contributed by atoms with van der Waals surface area (Å²) in [5.41, 5.74) is -0.597. The van der Waals surface area contributed by atoms with Gasteiger partial charge in [0.1, 0.15) is 0 Å². The van der Waals surface area contributed by atoms with Crippen LogP contribution in [-0.4, -0.2) is 35.8 Å². The topological polar surface area (TPSA) is 101 Å². The molecule has 1 fully saturated rings. The van der Waals surface area contributed by atoms with Gasteiger partial charge < -0.3 is 5.11 Å². The quantitative estimate of drug-likeness (QED) is 0.677. The lowest BCUT2D eigenvalue weighted by atomic mass is 9.97. The zero-order valence-corrected chi connectivity index (χ0v) is 12.5. The van der Waals surface area contributed by atoms with Gasteiger partial charge in [-0.05, 0) is 30.9 Å². The summed E-state index contributed by atoms with van der Waals surface area (Å²) in [4.78, 5) is 9.87. The van der Waals surface area contributed by atoms with Gasteiger partial charge in [0.05, 0.1) is 9.82 Å². The smallest absolute Gasteiger partial charge is 0.312 e. The Balaban J connectivity index is 2.35. The molecule has 116 valence electrons. The van der Waals surface area contributed by atoms with Crippen LogP contribution in [0, 0.1) is 16.0 Å². The molecule has 1 N–H and O–H groups in total. The van der Waals surface area contributed by atoms with Crippen LogP contribution in [0.2, 0.25) is 0 Å². The van der Waals surface area contributed by atoms with E-state index < -0.39 is 26.4 Å². The molecule has 0 aliphatic carbocycles. The maximum Gasteiger partial charge on any atom is 0.312 e. The van der Waals surface area contributed by atoms with E-state index in [9.17, 15) is 23.6 Å². The van der Waals surface area contributed by atoms with Gasteiger partial charge >= 0.3 is 5.69 Å². The maximum atomic E-state index is 12.6. The number of nitrogens with zero attached hydrogens (tertiary/aromatic N) is 2. The van der Waals surface area contributed by atoms with Gasteiger partial charge in [-0.1, -0.05) is 13.3 Å². The van der Waals surface area contributed by atoms with Gasteiger partial charge in [-0.15, -0.1) is 0 Å². The van der Waals surface area contributed by atoms with E-state index in [1.807, 2.05) is 6.92 Å². The molecule has 8 heteroatoms. The molecule has 1 unspecified atom stereocenters. The maximum absolute atomic E-state index is 12.6. The summed E-state index contributed by atoms with van der Waals surface area (Å²) in [6, 6.07) is 3.17. The number of hydrogen-bond acceptors (Lipinski definition) is 5. The highest BCUT2D eigenvalue weighted by atomic mass is 32.2. The highest BCUT2D eigenvalue weighted by molar-refractivity contribution is 7.89. The zero-order valence-electron chi connectivity index (χ0n) is 11.7. The first-order chi connectivity index (χ1) is 9.86. The van der Waals surface area contributed by atoms with Crippen LogP contribution in [0.3, 0.4) is 0 Å². The van der Waals surface area contributed by atoms with Crippen molar-refractivity contribution in [3.8, 4) is 5.75 Å². The molecule has 1 aromatic rings. The average Bonchev–Trinajstić information content (AvgIpc) is 2.47. The van der Waals surface area contributed by atoms with Gasteiger partial charge in [-0.2, -0.15) is 4.31 Å². The fourth-order valence-corrected chi connectivity index (χ4v) is 4.11. The SMILES string of the molecule is CCC1CCCN(S(=O)(=O)c2ccc(O)c([N+](=O)[O-])c2)C1. The average molecular weight is 314 g/mol. The predicted octanol–water partition coefficient (Wildman–Crippen LogP) is 2.11. The van der Waals surface area contributed by atoms with E-state index in [1.165, 1.54) is 10.4 Å². The van der Waals surface area contributed by atoms with Crippen LogP contribution >= 0.6 is 0 Å². The molecule has 1 saturated heterocycles. The molecular formula is C13H18N2O5S. The summed E-state index contributed by atoms with van der Waals surface area (Å²) in [5.74, 6) is -0.218. The van der Waals surface area contributed by atoms with Gasteiger partial charge in [-0.25, -0.2) is 8.42 Å². The number of nitro benzene ring substituents is 1. The number of benzene rings is 1. The fraction of sp³-hybridized carbons (Fsp3) is 0.538. The zero-order chi connectivity index (χ0) is 15.6. The van der Waals surface area contributed by atoms with Crippen LogP contribution < -0.4 is 0 Å². The van der Waals surface area contributed by atoms with Crippen molar-refractivity contribution < 1.29 is 18.4 Å². The molecular weight excluding hydrogens is 296 g/mol. The molecule has 0 aromatic heterocycles. The lowest BCUT2D eigenvalue weighted by Crippen LogP contribution is -2.39. The Hall–Kier alpha value is -1.67. The lowest BCUT2D eigenvalue weighted by Gasteiger charge is -2.31. The molecule has 0 radical (unpaired) electrons. The minimum Gasteiger partial charge on any atom is -0.502 e. The Labute approximate surface area is 123 Å². The number of hydrogen-bond donors (Lipinski definition) is 1. The van der Waals surface area contributed by atoms with Crippen molar-refractivity contribution in [2.45, 2.75) is 31.1 Å². The van der Waals surface area contributed by atoms with Crippen molar-refractivity contribution in [3.63, 3.8) is 0 Å². The minimum absolute atomic E-state index is 0.149. The Morgan fingerprint density at radius 3 is 2.81 bits per heavy atom. The van der Waals surface area contributed by atoms with Crippen LogP contribution in [0.4, 0.5) is 5.69 Å². The van der Waals surface area contributed by atoms with Crippen molar-refractivity contribution >= 4 is 15.7 Å². The summed E-state index contributed by atoms with van der Waals surface area (Å²) in [6.45, 7) is 2.88. The van der Waals surface area contributed by atoms with Crippen molar-refractivity contribution in [1.29, 1.82) is 0 Å². The second-order valence-corrected chi connectivity index (χ2v) is 7.13. The standard InChI is InChI=1S/C13H18N2O5S/c1-2-10-4-3-7-14(9-10)21(19,20)11-5-6-13(16)12(8-11)15(17)18/h5-6,8,10,16H,2-4,7,9H2,1H3. The molecule has 1 aliphatic rings. The van der Waals surface area contributed by atoms with Crippen LogP contribution in [-0.2, 0) is 10.0 Å². The summed E-state index contributed by atoms with van der Waals surface area (Å²) < 4.78 is 26.5. The van der Waals surface area contributed by atoms with Crippen molar-refractivity contribution in [3.05, 3.63) is 28.3 Å². The van der Waals surface area contributed by atoms with E-state index in [-0.39, 0.29) is 4.90 Å². The van der Waals surface area contributed by atoms with Crippen LogP contribution in [0.1, 0.15) is 26.2 Å². The number of piperidine rings is 1. The second kappa shape index (κ2) is 5.98. The second-order valence-electron chi connectivity index (χ2n) is 5.19. The van der Waals surface area contributed by atoms with Crippen LogP contribution in [0.5, 0.6) is 5.75 Å². The van der Waals surface area contributed by atoms with Crippen molar-refractivity contribution in [1.82, 2.24) is 4.31 Å². The monoisotopic (exact) mass is 314 g/mol. The van der Waals surface area contributed by atoms with Crippen LogP contribution in [0.15, 0.2) is 23.1 Å². The Bertz CT molecular complexity index is 644. The number of nitro groups is 1. The predicted molar refractivity (Wildman–Crippen MR) is 76.5 cm³/mol. The molecule has 7 nitrogen and oxygen atoms in total. The molecule has 0 spiro atoms. The van der Waals surface area contributed by atoms with Crippen molar-refractivity contribution in [2.75, 3.05) is 13.1 Å². The molecule has 1 atom stereocenters. The van der Waals surface area contributed by atoms with Gasteiger partial charge in [-0.3, -0.25) is 10.1 Å². The first-order valence-corrected chi connectivity index (χ1v) is 8.27. The van der Waals surface area contributed by atoms with Gasteiger partial charge in [0.15, 0.2) is 5.75 Å². The molecule has 21 heavy (non-hydrogen) atoms. The van der Waals surface area contributed by atoms with E-state index >= 15 is 0 Å². The summed E-state index contributed by atoms with van der Waals surface area (Å²) in [7, 11) is -3.76. The normalized spacial score (nSPS) is 20.3. The number of sulfonamides is 1. The molecule has 0 bridgehead atoms. The largest absolute Gasteiger partial charge is 0.502 e. The van der Waals surface area contributed by atoms with E-state index in [4.69, 9.17) is 0 Å². The Morgan fingerprint density at radius 2 is 2.19 bits per heavy atom. The van der Waals surface area contributed by atoms with E-state index in [1.54, 1.807) is 0 Å². The lowest BCUT2D eigenvalue weighted by molar-refractivity contribution is -0.386. The summed E-state index contributed by atoms with van der Waals surface area (Å²) in [5, 5.41) is 20.2. The summed E-state index contributed by atoms with van der Waals surface area (Å²) in [6.07, 6.45) is 2.69. The molecule has 0 amide bonds. The van der Waals surface area contributed by atoms with E-state index in [0.29, 0.717) is 19.0 Å². The highest BCUT2D eigenvalue weighted by Crippen LogP contribution is 2.31. The van der Waals surface area contributed by atoms with Gasteiger partial charge in [0, 0.05) is 19.2 Å². The highest BCUT2D eigenvalue weighted by Gasteiger charge is 2.31. The van der Waals surface area contributed by atoms with E-state index in [0.717, 1.165) is 31.4 Å². The molecule has 2 rings (SSSR count). The molecule has 1 aliphatic heterocycles. The van der Waals surface area contributed by atoms with Gasteiger partial charge in [0.25, 0.3) is 0 Å².